The zero-order valence-corrected chi connectivity index (χ0v) is 17.9. The number of hydrogen-bond acceptors (Lipinski definition) is 7. The molecule has 29 heavy (non-hydrogen) atoms. The van der Waals surface area contributed by atoms with E-state index in [-0.39, 0.29) is 16.8 Å². The molecule has 0 unspecified atom stereocenters. The Hall–Kier alpha value is -1.62. The number of carbonyl (C=O) groups is 1. The molecule has 2 aromatic rings. The summed E-state index contributed by atoms with van der Waals surface area (Å²) in [5, 5.41) is 0. The Labute approximate surface area is 174 Å². The van der Waals surface area contributed by atoms with Crippen LogP contribution in [0.1, 0.15) is 25.7 Å². The minimum absolute atomic E-state index is 0.0948. The van der Waals surface area contributed by atoms with Crippen molar-refractivity contribution in [2.45, 2.75) is 36.6 Å². The Bertz CT molecular complexity index is 1020. The van der Waals surface area contributed by atoms with Crippen molar-refractivity contribution in [3.8, 4) is 0 Å². The predicted octanol–water partition coefficient (Wildman–Crippen LogP) is 1.40. The number of rotatable bonds is 5. The van der Waals surface area contributed by atoms with Crippen molar-refractivity contribution in [3.63, 3.8) is 0 Å². The quantitative estimate of drug-likeness (QED) is 0.706. The van der Waals surface area contributed by atoms with Gasteiger partial charge in [-0.15, -0.1) is 0 Å². The highest BCUT2D eigenvalue weighted by Crippen LogP contribution is 2.32. The summed E-state index contributed by atoms with van der Waals surface area (Å²) in [6.45, 7) is 3.91. The second-order valence-electron chi connectivity index (χ2n) is 8.21. The lowest BCUT2D eigenvalue weighted by Crippen LogP contribution is -2.44. The third-order valence-corrected chi connectivity index (χ3v) is 8.71. The zero-order valence-electron chi connectivity index (χ0n) is 16.2. The van der Waals surface area contributed by atoms with Crippen LogP contribution in [0.3, 0.4) is 0 Å². The fourth-order valence-corrected chi connectivity index (χ4v) is 6.67. The van der Waals surface area contributed by atoms with Gasteiger partial charge in [0.15, 0.2) is 0 Å². The lowest BCUT2D eigenvalue weighted by Gasteiger charge is -2.26. The molecule has 3 aliphatic rings. The molecule has 3 heterocycles. The summed E-state index contributed by atoms with van der Waals surface area (Å²) < 4.78 is 36.5. The fourth-order valence-electron chi connectivity index (χ4n) is 4.45. The van der Waals surface area contributed by atoms with Crippen LogP contribution in [0, 0.1) is 5.92 Å². The molecule has 1 aliphatic carbocycles. The first-order valence-electron chi connectivity index (χ1n) is 10.3. The summed E-state index contributed by atoms with van der Waals surface area (Å²) in [6, 6.07) is 5.01. The monoisotopic (exact) mass is 435 g/mol. The maximum absolute atomic E-state index is 13.3. The fraction of sp³-hybridized carbons (Fsp3) is 0.632. The molecule has 156 valence electrons. The average Bonchev–Trinajstić information content (AvgIpc) is 3.36. The maximum atomic E-state index is 13.3. The van der Waals surface area contributed by atoms with Crippen LogP contribution < -0.4 is 0 Å². The van der Waals surface area contributed by atoms with Gasteiger partial charge in [-0.1, -0.05) is 6.07 Å². The second-order valence-corrected chi connectivity index (χ2v) is 10.6. The lowest BCUT2D eigenvalue weighted by atomic mass is 10.2. The van der Waals surface area contributed by atoms with Crippen molar-refractivity contribution in [2.75, 3.05) is 39.3 Å². The standard InChI is InChI=1S/C19H25N5O3S2/c25-19-16(7-10-23(19)13-14-5-6-14)22-8-2-9-24(12-11-22)29(26,27)17-4-1-3-15-18(17)21-28-20-15/h1,3-4,14,16H,2,5-13H2/t16-/m0/s1. The number of nitrogens with zero attached hydrogens (tertiary/aromatic N) is 5. The van der Waals surface area contributed by atoms with Crippen LogP contribution in [0.15, 0.2) is 23.1 Å². The van der Waals surface area contributed by atoms with Gasteiger partial charge in [0.25, 0.3) is 0 Å². The van der Waals surface area contributed by atoms with Crippen LogP contribution in [-0.2, 0) is 14.8 Å². The van der Waals surface area contributed by atoms with Crippen LogP contribution in [0.4, 0.5) is 0 Å². The van der Waals surface area contributed by atoms with Gasteiger partial charge >= 0.3 is 0 Å². The Kier molecular flexibility index (Phi) is 5.05. The van der Waals surface area contributed by atoms with Gasteiger partial charge in [-0.25, -0.2) is 8.42 Å². The highest BCUT2D eigenvalue weighted by Gasteiger charge is 2.39. The van der Waals surface area contributed by atoms with Crippen molar-refractivity contribution in [2.24, 2.45) is 5.92 Å². The molecule has 0 bridgehead atoms. The first kappa shape index (κ1) is 19.3. The van der Waals surface area contributed by atoms with Gasteiger partial charge in [0.1, 0.15) is 15.9 Å². The number of fused-ring (bicyclic) bond motifs is 1. The van der Waals surface area contributed by atoms with E-state index in [4.69, 9.17) is 0 Å². The van der Waals surface area contributed by atoms with Gasteiger partial charge in [-0.3, -0.25) is 9.69 Å². The summed E-state index contributed by atoms with van der Waals surface area (Å²) in [5.41, 5.74) is 1.06. The van der Waals surface area contributed by atoms with E-state index in [0.717, 1.165) is 44.2 Å². The summed E-state index contributed by atoms with van der Waals surface area (Å²) in [4.78, 5) is 17.3. The number of hydrogen-bond donors (Lipinski definition) is 0. The van der Waals surface area contributed by atoms with Crippen molar-refractivity contribution in [3.05, 3.63) is 18.2 Å². The number of amides is 1. The van der Waals surface area contributed by atoms with Crippen molar-refractivity contribution < 1.29 is 13.2 Å². The van der Waals surface area contributed by atoms with E-state index >= 15 is 0 Å². The third-order valence-electron chi connectivity index (χ3n) is 6.24. The number of aromatic nitrogens is 2. The Balaban J connectivity index is 1.30. The maximum Gasteiger partial charge on any atom is 0.245 e. The van der Waals surface area contributed by atoms with E-state index in [1.165, 1.54) is 12.8 Å². The summed E-state index contributed by atoms with van der Waals surface area (Å²) >= 11 is 1.03. The molecule has 2 aliphatic heterocycles. The molecule has 1 saturated carbocycles. The van der Waals surface area contributed by atoms with E-state index in [1.807, 2.05) is 4.90 Å². The van der Waals surface area contributed by atoms with E-state index in [0.29, 0.717) is 36.6 Å². The molecule has 1 aromatic heterocycles. The molecule has 1 atom stereocenters. The zero-order chi connectivity index (χ0) is 20.0. The van der Waals surface area contributed by atoms with Crippen LogP contribution in [-0.4, -0.2) is 82.5 Å². The van der Waals surface area contributed by atoms with E-state index in [2.05, 4.69) is 13.6 Å². The third kappa shape index (κ3) is 3.67. The SMILES string of the molecule is O=C1[C@@H](N2CCCN(S(=O)(=O)c3cccc4nsnc34)CC2)CCN1CC1CC1. The molecule has 3 fully saturated rings. The van der Waals surface area contributed by atoms with Crippen molar-refractivity contribution in [1.29, 1.82) is 0 Å². The Morgan fingerprint density at radius 2 is 1.90 bits per heavy atom. The molecule has 0 spiro atoms. The largest absolute Gasteiger partial charge is 0.341 e. The van der Waals surface area contributed by atoms with Crippen molar-refractivity contribution in [1.82, 2.24) is 22.9 Å². The summed E-state index contributed by atoms with van der Waals surface area (Å²) in [5.74, 6) is 0.928. The minimum Gasteiger partial charge on any atom is -0.341 e. The summed E-state index contributed by atoms with van der Waals surface area (Å²) in [6.07, 6.45) is 4.05. The van der Waals surface area contributed by atoms with Gasteiger partial charge in [-0.05, 0) is 43.7 Å². The van der Waals surface area contributed by atoms with E-state index < -0.39 is 10.0 Å². The Morgan fingerprint density at radius 3 is 2.72 bits per heavy atom. The lowest BCUT2D eigenvalue weighted by molar-refractivity contribution is -0.132. The normalized spacial score (nSPS) is 25.0. The summed E-state index contributed by atoms with van der Waals surface area (Å²) in [7, 11) is -3.65. The van der Waals surface area contributed by atoms with Gasteiger partial charge in [0.05, 0.1) is 17.8 Å². The van der Waals surface area contributed by atoms with Gasteiger partial charge in [-0.2, -0.15) is 13.1 Å². The molecule has 8 nitrogen and oxygen atoms in total. The molecule has 0 N–H and O–H groups in total. The van der Waals surface area contributed by atoms with Gasteiger partial charge in [0, 0.05) is 39.3 Å². The molecule has 0 radical (unpaired) electrons. The average molecular weight is 436 g/mol. The molecule has 1 amide bonds. The van der Waals surface area contributed by atoms with Crippen LogP contribution in [0.2, 0.25) is 0 Å². The van der Waals surface area contributed by atoms with Crippen LogP contribution in [0.25, 0.3) is 11.0 Å². The molecule has 2 saturated heterocycles. The Morgan fingerprint density at radius 1 is 1.03 bits per heavy atom. The topological polar surface area (TPSA) is 86.7 Å². The first-order valence-corrected chi connectivity index (χ1v) is 12.5. The molecule has 10 heteroatoms. The number of likely N-dealkylation sites (tertiary alicyclic amines) is 1. The smallest absolute Gasteiger partial charge is 0.245 e. The van der Waals surface area contributed by atoms with Crippen LogP contribution in [0.5, 0.6) is 0 Å². The molecule has 5 rings (SSSR count). The number of benzene rings is 1. The predicted molar refractivity (Wildman–Crippen MR) is 110 cm³/mol. The highest BCUT2D eigenvalue weighted by atomic mass is 32.2. The molecule has 1 aromatic carbocycles. The molecular formula is C19H25N5O3S2. The van der Waals surface area contributed by atoms with Crippen LogP contribution >= 0.6 is 11.7 Å². The first-order chi connectivity index (χ1) is 14.0. The van der Waals surface area contributed by atoms with Crippen molar-refractivity contribution >= 4 is 38.7 Å². The number of sulfonamides is 1. The second kappa shape index (κ2) is 7.57. The van der Waals surface area contributed by atoms with Gasteiger partial charge < -0.3 is 4.90 Å². The highest BCUT2D eigenvalue weighted by molar-refractivity contribution is 7.89. The van der Waals surface area contributed by atoms with E-state index in [1.54, 1.807) is 22.5 Å². The van der Waals surface area contributed by atoms with E-state index in [9.17, 15) is 13.2 Å². The molecular weight excluding hydrogens is 410 g/mol. The minimum atomic E-state index is -3.65. The number of carbonyl (C=O) groups excluding carboxylic acids is 1. The van der Waals surface area contributed by atoms with Gasteiger partial charge in [0.2, 0.25) is 15.9 Å².